The van der Waals surface area contributed by atoms with Crippen LogP contribution in [0.15, 0.2) is 36.8 Å². The first-order valence-electron chi connectivity index (χ1n) is 13.6. The summed E-state index contributed by atoms with van der Waals surface area (Å²) in [6.07, 6.45) is 3.21. The molecule has 2 fully saturated rings. The third-order valence-corrected chi connectivity index (χ3v) is 8.13. The van der Waals surface area contributed by atoms with Gasteiger partial charge < -0.3 is 25.0 Å². The van der Waals surface area contributed by atoms with E-state index in [1.165, 1.54) is 29.5 Å². The fourth-order valence-corrected chi connectivity index (χ4v) is 5.66. The summed E-state index contributed by atoms with van der Waals surface area (Å²) in [5.74, 6) is -0.647. The van der Waals surface area contributed by atoms with Crippen molar-refractivity contribution in [1.29, 1.82) is 0 Å². The zero-order chi connectivity index (χ0) is 28.2. The minimum absolute atomic E-state index is 0.192. The number of benzene rings is 1. The number of nitrogens with one attached hydrogen (secondary N) is 1. The molecule has 1 aromatic carbocycles. The molecule has 40 heavy (non-hydrogen) atoms. The Balaban J connectivity index is 1.31. The predicted molar refractivity (Wildman–Crippen MR) is 146 cm³/mol. The van der Waals surface area contributed by atoms with Gasteiger partial charge in [-0.25, -0.2) is 13.9 Å². The second-order valence-electron chi connectivity index (χ2n) is 11.5. The highest BCUT2D eigenvalue weighted by molar-refractivity contribution is 6.10. The van der Waals surface area contributed by atoms with Crippen LogP contribution in [0, 0.1) is 0 Å². The number of fused-ring (bicyclic) bond motifs is 2. The third kappa shape index (κ3) is 4.80. The number of aliphatic hydroxyl groups is 1. The molecular weight excluding hydrogens is 517 g/mol. The van der Waals surface area contributed by atoms with Crippen LogP contribution in [0.2, 0.25) is 0 Å². The van der Waals surface area contributed by atoms with E-state index in [2.05, 4.69) is 32.1 Å². The number of hydrogen-bond acceptors (Lipinski definition) is 8. The number of aromatic nitrogens is 3. The van der Waals surface area contributed by atoms with E-state index in [0.29, 0.717) is 47.2 Å². The molecule has 2 aromatic heterocycles. The van der Waals surface area contributed by atoms with Crippen molar-refractivity contribution < 1.29 is 23.8 Å². The molecule has 0 aliphatic carbocycles. The van der Waals surface area contributed by atoms with E-state index < -0.39 is 11.8 Å². The molecule has 0 bridgehead atoms. The first kappa shape index (κ1) is 26.6. The quantitative estimate of drug-likeness (QED) is 0.458. The molecular formula is C28H34FN7O4. The topological polar surface area (TPSA) is 116 Å². The van der Waals surface area contributed by atoms with E-state index in [4.69, 9.17) is 4.74 Å². The monoisotopic (exact) mass is 551 g/mol. The van der Waals surface area contributed by atoms with Crippen molar-refractivity contribution in [3.8, 4) is 0 Å². The van der Waals surface area contributed by atoms with Crippen molar-refractivity contribution in [3.63, 3.8) is 0 Å². The summed E-state index contributed by atoms with van der Waals surface area (Å²) < 4.78 is 21.6. The van der Waals surface area contributed by atoms with Gasteiger partial charge in [0, 0.05) is 50.2 Å². The number of carbonyl (C=O) groups is 2. The predicted octanol–water partition coefficient (Wildman–Crippen LogP) is 1.96. The number of rotatable bonds is 7. The lowest BCUT2D eigenvalue weighted by Gasteiger charge is -2.47. The average molecular weight is 552 g/mol. The highest BCUT2D eigenvalue weighted by atomic mass is 19.1. The van der Waals surface area contributed by atoms with E-state index in [0.717, 1.165) is 25.4 Å². The normalized spacial score (nSPS) is 21.0. The van der Waals surface area contributed by atoms with Gasteiger partial charge in [-0.15, -0.1) is 0 Å². The molecule has 5 heterocycles. The molecule has 0 radical (unpaired) electrons. The average Bonchev–Trinajstić information content (AvgIpc) is 3.44. The van der Waals surface area contributed by atoms with Crippen molar-refractivity contribution in [1.82, 2.24) is 24.4 Å². The maximum atomic E-state index is 14.7. The Labute approximate surface area is 231 Å². The molecule has 0 spiro atoms. The fourth-order valence-electron chi connectivity index (χ4n) is 5.66. The number of anilines is 2. The van der Waals surface area contributed by atoms with Crippen LogP contribution in [0.3, 0.4) is 0 Å². The number of hydrogen-bond donors (Lipinski definition) is 2. The van der Waals surface area contributed by atoms with Crippen molar-refractivity contribution in [2.24, 2.45) is 0 Å². The summed E-state index contributed by atoms with van der Waals surface area (Å²) in [5.41, 5.74) is 1.69. The Bertz CT molecular complexity index is 1450. The molecule has 3 aliphatic rings. The van der Waals surface area contributed by atoms with Gasteiger partial charge in [-0.2, -0.15) is 5.10 Å². The number of ether oxygens (including phenoxy) is 1. The Hall–Kier alpha value is -3.61. The number of halogens is 1. The maximum Gasteiger partial charge on any atom is 0.261 e. The van der Waals surface area contributed by atoms with E-state index in [-0.39, 0.29) is 30.9 Å². The third-order valence-electron chi connectivity index (χ3n) is 8.13. The van der Waals surface area contributed by atoms with Gasteiger partial charge in [-0.05, 0) is 44.5 Å². The van der Waals surface area contributed by atoms with E-state index in [1.54, 1.807) is 18.5 Å². The lowest BCUT2D eigenvalue weighted by molar-refractivity contribution is -0.0792. The Morgan fingerprint density at radius 2 is 2.10 bits per heavy atom. The van der Waals surface area contributed by atoms with Crippen molar-refractivity contribution in [2.75, 3.05) is 49.6 Å². The van der Waals surface area contributed by atoms with Crippen molar-refractivity contribution in [3.05, 3.63) is 53.5 Å². The highest BCUT2D eigenvalue weighted by Crippen LogP contribution is 2.37. The molecule has 11 nitrogen and oxygen atoms in total. The highest BCUT2D eigenvalue weighted by Gasteiger charge is 2.37. The number of amides is 2. The van der Waals surface area contributed by atoms with Crippen LogP contribution < -0.4 is 10.2 Å². The first-order valence-corrected chi connectivity index (χ1v) is 13.6. The number of alkyl halides is 1. The van der Waals surface area contributed by atoms with Crippen LogP contribution in [0.4, 0.5) is 15.8 Å². The van der Waals surface area contributed by atoms with Gasteiger partial charge in [0.15, 0.2) is 5.65 Å². The van der Waals surface area contributed by atoms with Gasteiger partial charge in [0.05, 0.1) is 49.0 Å². The molecule has 2 saturated heterocycles. The number of nitrogens with zero attached hydrogens (tertiary/aromatic N) is 6. The zero-order valence-electron chi connectivity index (χ0n) is 22.9. The summed E-state index contributed by atoms with van der Waals surface area (Å²) >= 11 is 0. The molecule has 2 N–H and O–H groups in total. The van der Waals surface area contributed by atoms with Crippen LogP contribution >= 0.6 is 0 Å². The lowest BCUT2D eigenvalue weighted by Crippen LogP contribution is -2.60. The van der Waals surface area contributed by atoms with Crippen LogP contribution in [0.5, 0.6) is 0 Å². The van der Waals surface area contributed by atoms with Gasteiger partial charge in [-0.3, -0.25) is 14.5 Å². The second-order valence-corrected chi connectivity index (χ2v) is 11.5. The van der Waals surface area contributed by atoms with Gasteiger partial charge in [0.1, 0.15) is 11.7 Å². The standard InChI is InChI=1S/C28H34FN7O4/c1-17-12-33(7-8-35(17)19-15-40-16-19)23-10-20-18(13-34(27(20)38)14-24(29)28(2,3)39)9-22(23)32-26(37)21-11-31-36-6-4-5-30-25(21)36/h4-6,9-11,17,19,24,39H,7-8,12-16H2,1-3H3,(H,32,37)/t17-,24?/m1/s1. The summed E-state index contributed by atoms with van der Waals surface area (Å²) in [6.45, 7) is 8.65. The Morgan fingerprint density at radius 1 is 1.30 bits per heavy atom. The first-order chi connectivity index (χ1) is 19.1. The van der Waals surface area contributed by atoms with Crippen molar-refractivity contribution in [2.45, 2.75) is 51.2 Å². The largest absolute Gasteiger partial charge is 0.387 e. The molecule has 3 aromatic rings. The lowest BCUT2D eigenvalue weighted by atomic mass is 10.0. The molecule has 6 rings (SSSR count). The summed E-state index contributed by atoms with van der Waals surface area (Å²) in [7, 11) is 0. The minimum atomic E-state index is -1.60. The van der Waals surface area contributed by atoms with Gasteiger partial charge in [0.25, 0.3) is 11.8 Å². The smallest absolute Gasteiger partial charge is 0.261 e. The van der Waals surface area contributed by atoms with Crippen LogP contribution in [0.1, 0.15) is 47.1 Å². The van der Waals surface area contributed by atoms with Crippen molar-refractivity contribution >= 4 is 28.8 Å². The molecule has 12 heteroatoms. The van der Waals surface area contributed by atoms with Crippen LogP contribution in [0.25, 0.3) is 5.65 Å². The molecule has 1 unspecified atom stereocenters. The summed E-state index contributed by atoms with van der Waals surface area (Å²) in [6, 6.07) is 6.02. The molecule has 2 atom stereocenters. The van der Waals surface area contributed by atoms with Gasteiger partial charge >= 0.3 is 0 Å². The van der Waals surface area contributed by atoms with E-state index in [9.17, 15) is 19.1 Å². The zero-order valence-corrected chi connectivity index (χ0v) is 22.9. The molecule has 212 valence electrons. The SMILES string of the molecule is C[C@@H]1CN(c2cc3c(cc2NC(=O)c2cnn4cccnc24)CN(CC(F)C(C)(C)O)C3=O)CCN1C1COC1. The number of carbonyl (C=O) groups excluding carboxylic acids is 2. The minimum Gasteiger partial charge on any atom is -0.387 e. The van der Waals surface area contributed by atoms with Gasteiger partial charge in [-0.1, -0.05) is 0 Å². The Morgan fingerprint density at radius 3 is 2.80 bits per heavy atom. The molecule has 0 saturated carbocycles. The maximum absolute atomic E-state index is 14.7. The van der Waals surface area contributed by atoms with Crippen LogP contribution in [-0.4, -0.2) is 105 Å². The van der Waals surface area contributed by atoms with E-state index in [1.807, 2.05) is 12.1 Å². The van der Waals surface area contributed by atoms with E-state index >= 15 is 0 Å². The Kier molecular flexibility index (Phi) is 6.71. The number of piperazine rings is 1. The molecule has 2 amide bonds. The van der Waals surface area contributed by atoms with Gasteiger partial charge in [0.2, 0.25) is 0 Å². The second kappa shape index (κ2) is 10.1. The molecule has 3 aliphatic heterocycles. The fraction of sp³-hybridized carbons (Fsp3) is 0.500. The van der Waals surface area contributed by atoms with Crippen LogP contribution in [-0.2, 0) is 11.3 Å². The summed E-state index contributed by atoms with van der Waals surface area (Å²) in [4.78, 5) is 37.1. The summed E-state index contributed by atoms with van der Waals surface area (Å²) in [5, 5.41) is 17.4.